The summed E-state index contributed by atoms with van der Waals surface area (Å²) in [5.74, 6) is 0.788. The molecule has 90 valence electrons. The number of hydrogen-bond acceptors (Lipinski definition) is 4. The van der Waals surface area contributed by atoms with Gasteiger partial charge in [0, 0.05) is 18.2 Å². The maximum absolute atomic E-state index is 11.5. The van der Waals surface area contributed by atoms with E-state index in [-0.39, 0.29) is 11.6 Å². The molecule has 1 heterocycles. The van der Waals surface area contributed by atoms with Gasteiger partial charge in [0.1, 0.15) is 0 Å². The molecule has 1 aromatic rings. The minimum Gasteiger partial charge on any atom is -0.480 e. The second kappa shape index (κ2) is 5.65. The van der Waals surface area contributed by atoms with E-state index in [1.165, 1.54) is 17.9 Å². The van der Waals surface area contributed by atoms with Crippen LogP contribution in [0.25, 0.3) is 0 Å². The quantitative estimate of drug-likeness (QED) is 0.797. The maximum Gasteiger partial charge on any atom is 0.267 e. The van der Waals surface area contributed by atoms with Crippen molar-refractivity contribution in [1.29, 1.82) is 0 Å². The van der Waals surface area contributed by atoms with Gasteiger partial charge in [0.15, 0.2) is 0 Å². The Hall–Kier alpha value is -1.36. The lowest BCUT2D eigenvalue weighted by atomic mass is 10.0. The smallest absolute Gasteiger partial charge is 0.267 e. The molecule has 0 aliphatic carbocycles. The number of nitrogens with zero attached hydrogens (tertiary/aromatic N) is 2. The molecule has 5 nitrogen and oxygen atoms in total. The van der Waals surface area contributed by atoms with Gasteiger partial charge in [-0.1, -0.05) is 20.3 Å². The molecule has 0 radical (unpaired) electrons. The van der Waals surface area contributed by atoms with Gasteiger partial charge in [0.25, 0.3) is 5.56 Å². The maximum atomic E-state index is 11.5. The van der Waals surface area contributed by atoms with Crippen molar-refractivity contribution >= 4 is 0 Å². The molecule has 0 aliphatic heterocycles. The van der Waals surface area contributed by atoms with Crippen LogP contribution in [0, 0.1) is 5.92 Å². The molecule has 1 rings (SSSR count). The van der Waals surface area contributed by atoms with Crippen molar-refractivity contribution in [2.75, 3.05) is 7.11 Å². The highest BCUT2D eigenvalue weighted by atomic mass is 16.5. The van der Waals surface area contributed by atoms with Crippen LogP contribution in [0.15, 0.2) is 16.9 Å². The van der Waals surface area contributed by atoms with Crippen LogP contribution in [0.5, 0.6) is 5.88 Å². The van der Waals surface area contributed by atoms with Gasteiger partial charge in [-0.3, -0.25) is 4.79 Å². The lowest BCUT2D eigenvalue weighted by Crippen LogP contribution is -2.37. The highest BCUT2D eigenvalue weighted by molar-refractivity contribution is 5.06. The number of aromatic nitrogens is 2. The molecule has 16 heavy (non-hydrogen) atoms. The van der Waals surface area contributed by atoms with Crippen molar-refractivity contribution in [3.63, 3.8) is 0 Å². The van der Waals surface area contributed by atoms with Gasteiger partial charge >= 0.3 is 0 Å². The zero-order chi connectivity index (χ0) is 12.1. The SMILES string of the molecule is CCC(C)C(N)Cn1nc(OC)ccc1=O. The molecule has 0 saturated carbocycles. The number of methoxy groups -OCH3 is 1. The van der Waals surface area contributed by atoms with Gasteiger partial charge in [-0.15, -0.1) is 5.10 Å². The molecule has 0 bridgehead atoms. The molecule has 0 saturated heterocycles. The molecule has 1 aromatic heterocycles. The average Bonchev–Trinajstić information content (AvgIpc) is 2.30. The topological polar surface area (TPSA) is 70.1 Å². The lowest BCUT2D eigenvalue weighted by Gasteiger charge is -2.18. The first kappa shape index (κ1) is 12.7. The predicted octanol–water partition coefficient (Wildman–Crippen LogP) is 0.625. The second-order valence-corrected chi connectivity index (χ2v) is 3.95. The number of ether oxygens (including phenoxy) is 1. The third-order valence-corrected chi connectivity index (χ3v) is 2.81. The molecule has 0 aromatic carbocycles. The molecular weight excluding hydrogens is 206 g/mol. The third kappa shape index (κ3) is 3.06. The van der Waals surface area contributed by atoms with E-state index in [2.05, 4.69) is 18.9 Å². The van der Waals surface area contributed by atoms with E-state index in [0.29, 0.717) is 18.3 Å². The summed E-state index contributed by atoms with van der Waals surface area (Å²) in [5, 5.41) is 4.05. The molecule has 5 heteroatoms. The fourth-order valence-electron chi connectivity index (χ4n) is 1.35. The van der Waals surface area contributed by atoms with E-state index in [0.717, 1.165) is 6.42 Å². The van der Waals surface area contributed by atoms with Crippen molar-refractivity contribution in [3.05, 3.63) is 22.5 Å². The Morgan fingerprint density at radius 3 is 2.81 bits per heavy atom. The molecule has 2 N–H and O–H groups in total. The molecule has 2 unspecified atom stereocenters. The van der Waals surface area contributed by atoms with E-state index in [1.807, 2.05) is 0 Å². The minimum absolute atomic E-state index is 0.0673. The third-order valence-electron chi connectivity index (χ3n) is 2.81. The highest BCUT2D eigenvalue weighted by Crippen LogP contribution is 2.07. The summed E-state index contributed by atoms with van der Waals surface area (Å²) in [4.78, 5) is 11.5. The number of nitrogens with two attached hydrogens (primary N) is 1. The standard InChI is InChI=1S/C11H19N3O2/c1-4-8(2)9(12)7-14-11(15)6-5-10(13-14)16-3/h5-6,8-9H,4,7,12H2,1-3H3. The van der Waals surface area contributed by atoms with Gasteiger partial charge in [0.05, 0.1) is 13.7 Å². The summed E-state index contributed by atoms with van der Waals surface area (Å²) in [5.41, 5.74) is 5.83. The van der Waals surface area contributed by atoms with Crippen molar-refractivity contribution in [1.82, 2.24) is 9.78 Å². The molecule has 0 amide bonds. The van der Waals surface area contributed by atoms with Crippen LogP contribution >= 0.6 is 0 Å². The van der Waals surface area contributed by atoms with Crippen molar-refractivity contribution < 1.29 is 4.74 Å². The molecular formula is C11H19N3O2. The Morgan fingerprint density at radius 1 is 1.56 bits per heavy atom. The summed E-state index contributed by atoms with van der Waals surface area (Å²) >= 11 is 0. The monoisotopic (exact) mass is 225 g/mol. The number of rotatable bonds is 5. The van der Waals surface area contributed by atoms with Gasteiger partial charge < -0.3 is 10.5 Å². The normalized spacial score (nSPS) is 14.5. The van der Waals surface area contributed by atoms with Gasteiger partial charge in [-0.2, -0.15) is 0 Å². The van der Waals surface area contributed by atoms with E-state index in [9.17, 15) is 4.79 Å². The second-order valence-electron chi connectivity index (χ2n) is 3.95. The van der Waals surface area contributed by atoms with E-state index < -0.39 is 0 Å². The van der Waals surface area contributed by atoms with Gasteiger partial charge in [-0.05, 0) is 5.92 Å². The Morgan fingerprint density at radius 2 is 2.25 bits per heavy atom. The van der Waals surface area contributed by atoms with Gasteiger partial charge in [0.2, 0.25) is 5.88 Å². The molecule has 0 aliphatic rings. The highest BCUT2D eigenvalue weighted by Gasteiger charge is 2.13. The fraction of sp³-hybridized carbons (Fsp3) is 0.636. The molecule has 0 spiro atoms. The summed E-state index contributed by atoms with van der Waals surface area (Å²) in [7, 11) is 1.52. The number of hydrogen-bond donors (Lipinski definition) is 1. The summed E-state index contributed by atoms with van der Waals surface area (Å²) in [6, 6.07) is 2.92. The van der Waals surface area contributed by atoms with E-state index in [1.54, 1.807) is 6.07 Å². The van der Waals surface area contributed by atoms with Crippen LogP contribution < -0.4 is 16.0 Å². The average molecular weight is 225 g/mol. The van der Waals surface area contributed by atoms with E-state index in [4.69, 9.17) is 10.5 Å². The molecule has 2 atom stereocenters. The zero-order valence-corrected chi connectivity index (χ0v) is 10.0. The van der Waals surface area contributed by atoms with Crippen LogP contribution in [-0.4, -0.2) is 22.9 Å². The van der Waals surface area contributed by atoms with Crippen molar-refractivity contribution in [2.24, 2.45) is 11.7 Å². The largest absolute Gasteiger partial charge is 0.480 e. The van der Waals surface area contributed by atoms with E-state index >= 15 is 0 Å². The summed E-state index contributed by atoms with van der Waals surface area (Å²) < 4.78 is 6.32. The van der Waals surface area contributed by atoms with Crippen LogP contribution in [0.4, 0.5) is 0 Å². The van der Waals surface area contributed by atoms with Gasteiger partial charge in [-0.25, -0.2) is 4.68 Å². The first-order valence-electron chi connectivity index (χ1n) is 5.46. The van der Waals surface area contributed by atoms with Crippen LogP contribution in [0.1, 0.15) is 20.3 Å². The Kier molecular flexibility index (Phi) is 4.49. The molecule has 0 fully saturated rings. The summed E-state index contributed by atoms with van der Waals surface area (Å²) in [6.45, 7) is 4.56. The Bertz CT molecular complexity index is 389. The van der Waals surface area contributed by atoms with Crippen molar-refractivity contribution in [2.45, 2.75) is 32.9 Å². The van der Waals surface area contributed by atoms with Crippen molar-refractivity contribution in [3.8, 4) is 5.88 Å². The predicted molar refractivity (Wildman–Crippen MR) is 62.5 cm³/mol. The lowest BCUT2D eigenvalue weighted by molar-refractivity contribution is 0.343. The Balaban J connectivity index is 2.83. The Labute approximate surface area is 95.2 Å². The van der Waals surface area contributed by atoms with Crippen LogP contribution in [0.3, 0.4) is 0 Å². The first-order valence-corrected chi connectivity index (χ1v) is 5.46. The minimum atomic E-state index is -0.153. The summed E-state index contributed by atoms with van der Waals surface area (Å²) in [6.07, 6.45) is 0.986. The fourth-order valence-corrected chi connectivity index (χ4v) is 1.35. The zero-order valence-electron chi connectivity index (χ0n) is 10.0. The van der Waals surface area contributed by atoms with Crippen LogP contribution in [-0.2, 0) is 6.54 Å². The van der Waals surface area contributed by atoms with Crippen LogP contribution in [0.2, 0.25) is 0 Å². The first-order chi connectivity index (χ1) is 7.58.